The molecule has 1 aliphatic rings. The van der Waals surface area contributed by atoms with Crippen LogP contribution in [0.25, 0.3) is 0 Å². The second kappa shape index (κ2) is 5.27. The minimum Gasteiger partial charge on any atom is -0.382 e. The zero-order chi connectivity index (χ0) is 12.3. The first kappa shape index (κ1) is 12.0. The van der Waals surface area contributed by atoms with Gasteiger partial charge in [-0.05, 0) is 43.5 Å². The van der Waals surface area contributed by atoms with E-state index in [0.717, 1.165) is 31.1 Å². The van der Waals surface area contributed by atoms with Gasteiger partial charge in [0.15, 0.2) is 0 Å². The monoisotopic (exact) mass is 232 g/mol. The van der Waals surface area contributed by atoms with E-state index in [1.165, 1.54) is 12.8 Å². The molecule has 1 saturated heterocycles. The van der Waals surface area contributed by atoms with Gasteiger partial charge in [0.2, 0.25) is 0 Å². The third-order valence-electron chi connectivity index (χ3n) is 3.42. The topological polar surface area (TPSA) is 66.0 Å². The van der Waals surface area contributed by atoms with Crippen LogP contribution >= 0.6 is 0 Å². The maximum Gasteiger partial charge on any atom is 0.142 e. The maximum absolute atomic E-state index is 7.52. The van der Waals surface area contributed by atoms with Crippen molar-refractivity contribution in [2.75, 3.05) is 13.1 Å². The Balaban J connectivity index is 2.05. The van der Waals surface area contributed by atoms with Crippen LogP contribution in [0.2, 0.25) is 0 Å². The van der Waals surface area contributed by atoms with Crippen molar-refractivity contribution in [3.8, 4) is 0 Å². The van der Waals surface area contributed by atoms with Crippen molar-refractivity contribution >= 4 is 5.84 Å². The molecular weight excluding hydrogens is 212 g/mol. The van der Waals surface area contributed by atoms with Gasteiger partial charge in [-0.1, -0.05) is 13.0 Å². The zero-order valence-corrected chi connectivity index (χ0v) is 10.3. The van der Waals surface area contributed by atoms with Crippen molar-refractivity contribution in [2.45, 2.75) is 26.3 Å². The number of rotatable bonds is 3. The van der Waals surface area contributed by atoms with E-state index in [4.69, 9.17) is 11.1 Å². The van der Waals surface area contributed by atoms with Crippen LogP contribution in [-0.4, -0.2) is 28.8 Å². The zero-order valence-electron chi connectivity index (χ0n) is 10.3. The van der Waals surface area contributed by atoms with E-state index in [9.17, 15) is 0 Å². The molecule has 0 bridgehead atoms. The second-order valence-electron chi connectivity index (χ2n) is 4.88. The van der Waals surface area contributed by atoms with Gasteiger partial charge in [-0.2, -0.15) is 0 Å². The summed E-state index contributed by atoms with van der Waals surface area (Å²) in [7, 11) is 0. The number of pyridine rings is 1. The van der Waals surface area contributed by atoms with E-state index in [1.54, 1.807) is 6.20 Å². The Bertz CT molecular complexity index is 394. The molecule has 0 amide bonds. The van der Waals surface area contributed by atoms with E-state index >= 15 is 0 Å². The molecular formula is C13H20N4. The summed E-state index contributed by atoms with van der Waals surface area (Å²) < 4.78 is 0. The Morgan fingerprint density at radius 1 is 1.53 bits per heavy atom. The number of aromatic nitrogens is 1. The van der Waals surface area contributed by atoms with Crippen molar-refractivity contribution in [3.63, 3.8) is 0 Å². The lowest BCUT2D eigenvalue weighted by molar-refractivity contribution is 0.185. The first-order valence-electron chi connectivity index (χ1n) is 6.17. The highest BCUT2D eigenvalue weighted by atomic mass is 15.1. The van der Waals surface area contributed by atoms with Crippen molar-refractivity contribution in [2.24, 2.45) is 11.7 Å². The quantitative estimate of drug-likeness (QED) is 0.614. The molecule has 3 N–H and O–H groups in total. The van der Waals surface area contributed by atoms with Gasteiger partial charge in [-0.3, -0.25) is 15.3 Å². The molecule has 0 atom stereocenters. The molecule has 0 unspecified atom stereocenters. The molecule has 2 rings (SSSR count). The summed E-state index contributed by atoms with van der Waals surface area (Å²) in [6.07, 6.45) is 4.21. The van der Waals surface area contributed by atoms with Crippen molar-refractivity contribution in [3.05, 3.63) is 29.6 Å². The van der Waals surface area contributed by atoms with E-state index in [-0.39, 0.29) is 5.84 Å². The SMILES string of the molecule is CC1CCN(Cc2cccnc2C(=N)N)CC1. The van der Waals surface area contributed by atoms with Gasteiger partial charge < -0.3 is 5.73 Å². The summed E-state index contributed by atoms with van der Waals surface area (Å²) in [5.74, 6) is 0.901. The van der Waals surface area contributed by atoms with Gasteiger partial charge in [0.1, 0.15) is 11.5 Å². The van der Waals surface area contributed by atoms with Crippen LogP contribution in [0.1, 0.15) is 31.0 Å². The predicted molar refractivity (Wildman–Crippen MR) is 68.9 cm³/mol. The average Bonchev–Trinajstić information content (AvgIpc) is 2.32. The number of nitrogens with zero attached hydrogens (tertiary/aromatic N) is 2. The molecule has 4 nitrogen and oxygen atoms in total. The van der Waals surface area contributed by atoms with E-state index in [1.807, 2.05) is 12.1 Å². The summed E-state index contributed by atoms with van der Waals surface area (Å²) in [5.41, 5.74) is 7.24. The number of likely N-dealkylation sites (tertiary alicyclic amines) is 1. The number of nitrogens with two attached hydrogens (primary N) is 1. The molecule has 92 valence electrons. The highest BCUT2D eigenvalue weighted by Crippen LogP contribution is 2.18. The van der Waals surface area contributed by atoms with E-state index in [2.05, 4.69) is 16.8 Å². The van der Waals surface area contributed by atoms with Crippen LogP contribution in [0.4, 0.5) is 0 Å². The molecule has 0 aromatic carbocycles. The van der Waals surface area contributed by atoms with Crippen molar-refractivity contribution in [1.82, 2.24) is 9.88 Å². The second-order valence-corrected chi connectivity index (χ2v) is 4.88. The Hall–Kier alpha value is -1.42. The molecule has 17 heavy (non-hydrogen) atoms. The number of hydrogen-bond donors (Lipinski definition) is 2. The lowest BCUT2D eigenvalue weighted by atomic mass is 9.98. The fourth-order valence-electron chi connectivity index (χ4n) is 2.27. The van der Waals surface area contributed by atoms with E-state index in [0.29, 0.717) is 5.69 Å². The largest absolute Gasteiger partial charge is 0.382 e. The minimum atomic E-state index is 0.0611. The first-order valence-corrected chi connectivity index (χ1v) is 6.17. The lowest BCUT2D eigenvalue weighted by Crippen LogP contribution is -2.33. The molecule has 0 radical (unpaired) electrons. The van der Waals surface area contributed by atoms with Gasteiger partial charge in [0.05, 0.1) is 0 Å². The van der Waals surface area contributed by atoms with Crippen LogP contribution in [0.15, 0.2) is 18.3 Å². The minimum absolute atomic E-state index is 0.0611. The van der Waals surface area contributed by atoms with Gasteiger partial charge in [0.25, 0.3) is 0 Å². The molecule has 2 heterocycles. The third kappa shape index (κ3) is 3.03. The lowest BCUT2D eigenvalue weighted by Gasteiger charge is -2.30. The summed E-state index contributed by atoms with van der Waals surface area (Å²) in [6.45, 7) is 5.43. The molecule has 1 aromatic rings. The van der Waals surface area contributed by atoms with Gasteiger partial charge in [0, 0.05) is 12.7 Å². The number of nitrogen functional groups attached to an aromatic ring is 1. The Morgan fingerprint density at radius 3 is 2.88 bits per heavy atom. The smallest absolute Gasteiger partial charge is 0.142 e. The van der Waals surface area contributed by atoms with Gasteiger partial charge in [-0.25, -0.2) is 0 Å². The Labute approximate surface area is 102 Å². The third-order valence-corrected chi connectivity index (χ3v) is 3.42. The predicted octanol–water partition coefficient (Wildman–Crippen LogP) is 1.60. The van der Waals surface area contributed by atoms with Crippen molar-refractivity contribution in [1.29, 1.82) is 5.41 Å². The Kier molecular flexibility index (Phi) is 3.74. The van der Waals surface area contributed by atoms with Crippen LogP contribution in [0.5, 0.6) is 0 Å². The van der Waals surface area contributed by atoms with E-state index < -0.39 is 0 Å². The first-order chi connectivity index (χ1) is 8.16. The summed E-state index contributed by atoms with van der Waals surface area (Å²) in [6, 6.07) is 3.93. The molecule has 1 aromatic heterocycles. The Morgan fingerprint density at radius 2 is 2.24 bits per heavy atom. The normalized spacial score (nSPS) is 18.2. The number of hydrogen-bond acceptors (Lipinski definition) is 3. The van der Waals surface area contributed by atoms with Crippen LogP contribution in [-0.2, 0) is 6.54 Å². The van der Waals surface area contributed by atoms with Gasteiger partial charge in [-0.15, -0.1) is 0 Å². The number of amidine groups is 1. The van der Waals surface area contributed by atoms with Gasteiger partial charge >= 0.3 is 0 Å². The molecule has 1 fully saturated rings. The summed E-state index contributed by atoms with van der Waals surface area (Å²) in [4.78, 5) is 6.60. The fourth-order valence-corrected chi connectivity index (χ4v) is 2.27. The molecule has 0 saturated carbocycles. The summed E-state index contributed by atoms with van der Waals surface area (Å²) in [5, 5.41) is 7.52. The number of piperidine rings is 1. The fraction of sp³-hybridized carbons (Fsp3) is 0.538. The van der Waals surface area contributed by atoms with Crippen LogP contribution < -0.4 is 5.73 Å². The van der Waals surface area contributed by atoms with Crippen molar-refractivity contribution < 1.29 is 0 Å². The molecule has 1 aliphatic heterocycles. The average molecular weight is 232 g/mol. The van der Waals surface area contributed by atoms with Crippen LogP contribution in [0.3, 0.4) is 0 Å². The maximum atomic E-state index is 7.52. The summed E-state index contributed by atoms with van der Waals surface area (Å²) >= 11 is 0. The standard InChI is InChI=1S/C13H20N4/c1-10-4-7-17(8-5-10)9-11-3-2-6-16-12(11)13(14)15/h2-3,6,10H,4-5,7-9H2,1H3,(H3,14,15). The number of nitrogens with one attached hydrogen (secondary N) is 1. The molecule has 4 heteroatoms. The highest BCUT2D eigenvalue weighted by molar-refractivity contribution is 5.94. The molecule has 0 spiro atoms. The highest BCUT2D eigenvalue weighted by Gasteiger charge is 2.17. The molecule has 0 aliphatic carbocycles. The van der Waals surface area contributed by atoms with Crippen LogP contribution in [0, 0.1) is 11.3 Å².